The van der Waals surface area contributed by atoms with Crippen LogP contribution in [0.3, 0.4) is 0 Å². The zero-order valence-corrected chi connectivity index (χ0v) is 13.1. The van der Waals surface area contributed by atoms with E-state index in [1.165, 1.54) is 11.1 Å². The lowest BCUT2D eigenvalue weighted by Crippen LogP contribution is -2.37. The SMILES string of the molecule is Cc1cc2c(cc1C)OC(C(=O)NCCCCCC(=O)O)C2. The molecule has 1 atom stereocenters. The molecular weight excluding hydrogens is 282 g/mol. The number of carbonyl (C=O) groups excluding carboxylic acids is 1. The van der Waals surface area contributed by atoms with Crippen LogP contribution in [0.4, 0.5) is 0 Å². The van der Waals surface area contributed by atoms with Crippen LogP contribution in [-0.2, 0) is 16.0 Å². The van der Waals surface area contributed by atoms with Crippen molar-refractivity contribution in [2.75, 3.05) is 6.54 Å². The molecular formula is C17H23NO4. The summed E-state index contributed by atoms with van der Waals surface area (Å²) in [4.78, 5) is 22.5. The van der Waals surface area contributed by atoms with E-state index in [9.17, 15) is 9.59 Å². The van der Waals surface area contributed by atoms with E-state index in [1.807, 2.05) is 13.0 Å². The second-order valence-electron chi connectivity index (χ2n) is 5.85. The van der Waals surface area contributed by atoms with E-state index in [0.29, 0.717) is 19.4 Å². The number of carboxylic acids is 1. The number of unbranched alkanes of at least 4 members (excludes halogenated alkanes) is 2. The highest BCUT2D eigenvalue weighted by molar-refractivity contribution is 5.82. The van der Waals surface area contributed by atoms with Crippen LogP contribution in [0.15, 0.2) is 12.1 Å². The summed E-state index contributed by atoms with van der Waals surface area (Å²) in [6.07, 6.45) is 2.59. The van der Waals surface area contributed by atoms with Gasteiger partial charge in [0, 0.05) is 19.4 Å². The summed E-state index contributed by atoms with van der Waals surface area (Å²) in [7, 11) is 0. The Morgan fingerprint density at radius 3 is 2.68 bits per heavy atom. The molecule has 0 saturated heterocycles. The quantitative estimate of drug-likeness (QED) is 0.758. The minimum Gasteiger partial charge on any atom is -0.481 e. The standard InChI is InChI=1S/C17H23NO4/c1-11-8-13-10-15(22-14(13)9-12(11)2)17(21)18-7-5-3-4-6-16(19)20/h8-9,15H,3-7,10H2,1-2H3,(H,18,21)(H,19,20). The van der Waals surface area contributed by atoms with E-state index < -0.39 is 12.1 Å². The highest BCUT2D eigenvalue weighted by Gasteiger charge is 2.29. The molecule has 120 valence electrons. The lowest BCUT2D eigenvalue weighted by molar-refractivity contribution is -0.137. The molecule has 0 saturated carbocycles. The Hall–Kier alpha value is -2.04. The number of nitrogens with one attached hydrogen (secondary N) is 1. The number of hydrogen-bond donors (Lipinski definition) is 2. The van der Waals surface area contributed by atoms with Crippen LogP contribution in [-0.4, -0.2) is 29.6 Å². The second kappa shape index (κ2) is 7.29. The van der Waals surface area contributed by atoms with Gasteiger partial charge in [0.05, 0.1) is 0 Å². The van der Waals surface area contributed by atoms with Crippen LogP contribution in [0.2, 0.25) is 0 Å². The first-order chi connectivity index (χ1) is 10.5. The van der Waals surface area contributed by atoms with Gasteiger partial charge in [0.1, 0.15) is 5.75 Å². The maximum atomic E-state index is 12.1. The highest BCUT2D eigenvalue weighted by atomic mass is 16.5. The van der Waals surface area contributed by atoms with Crippen LogP contribution in [0.5, 0.6) is 5.75 Å². The van der Waals surface area contributed by atoms with Crippen molar-refractivity contribution in [3.8, 4) is 5.75 Å². The lowest BCUT2D eigenvalue weighted by atomic mass is 10.0. The number of benzene rings is 1. The Balaban J connectivity index is 1.73. The monoisotopic (exact) mass is 305 g/mol. The number of fused-ring (bicyclic) bond motifs is 1. The fraction of sp³-hybridized carbons (Fsp3) is 0.529. The van der Waals surface area contributed by atoms with Gasteiger partial charge in [0.2, 0.25) is 0 Å². The first-order valence-corrected chi connectivity index (χ1v) is 7.73. The van der Waals surface area contributed by atoms with Crippen LogP contribution < -0.4 is 10.1 Å². The number of rotatable bonds is 7. The molecule has 1 aliphatic rings. The third kappa shape index (κ3) is 4.23. The fourth-order valence-electron chi connectivity index (χ4n) is 2.56. The smallest absolute Gasteiger partial charge is 0.303 e. The molecule has 5 nitrogen and oxygen atoms in total. The first kappa shape index (κ1) is 16.3. The molecule has 1 unspecified atom stereocenters. The minimum absolute atomic E-state index is 0.0928. The number of aliphatic carboxylic acids is 1. The van der Waals surface area contributed by atoms with Gasteiger partial charge in [-0.1, -0.05) is 12.5 Å². The Morgan fingerprint density at radius 1 is 1.23 bits per heavy atom. The summed E-state index contributed by atoms with van der Waals surface area (Å²) < 4.78 is 5.72. The summed E-state index contributed by atoms with van der Waals surface area (Å²) in [5, 5.41) is 11.4. The number of carboxylic acid groups (broad SMARTS) is 1. The largest absolute Gasteiger partial charge is 0.481 e. The van der Waals surface area contributed by atoms with Gasteiger partial charge in [-0.25, -0.2) is 0 Å². The zero-order chi connectivity index (χ0) is 16.1. The highest BCUT2D eigenvalue weighted by Crippen LogP contribution is 2.31. The molecule has 22 heavy (non-hydrogen) atoms. The second-order valence-corrected chi connectivity index (χ2v) is 5.85. The van der Waals surface area contributed by atoms with E-state index in [4.69, 9.17) is 9.84 Å². The van der Waals surface area contributed by atoms with E-state index in [1.54, 1.807) is 0 Å². The normalized spacial score (nSPS) is 16.0. The Labute approximate surface area is 130 Å². The molecule has 2 N–H and O–H groups in total. The van der Waals surface area contributed by atoms with Gasteiger partial charge in [0.25, 0.3) is 5.91 Å². The molecule has 1 aromatic rings. The van der Waals surface area contributed by atoms with Crippen molar-refractivity contribution < 1.29 is 19.4 Å². The Bertz CT molecular complexity index is 537. The topological polar surface area (TPSA) is 75.6 Å². The summed E-state index contributed by atoms with van der Waals surface area (Å²) in [5.41, 5.74) is 3.46. The average Bonchev–Trinajstić information content (AvgIpc) is 2.85. The lowest BCUT2D eigenvalue weighted by Gasteiger charge is -2.11. The number of carbonyl (C=O) groups is 2. The molecule has 0 bridgehead atoms. The van der Waals surface area contributed by atoms with Crippen LogP contribution in [0.25, 0.3) is 0 Å². The molecule has 0 spiro atoms. The molecule has 0 fully saturated rings. The zero-order valence-electron chi connectivity index (χ0n) is 13.1. The van der Waals surface area contributed by atoms with Crippen molar-refractivity contribution in [3.05, 3.63) is 28.8 Å². The van der Waals surface area contributed by atoms with Gasteiger partial charge in [-0.2, -0.15) is 0 Å². The molecule has 0 radical (unpaired) electrons. The first-order valence-electron chi connectivity index (χ1n) is 7.73. The molecule has 1 aliphatic heterocycles. The predicted molar refractivity (Wildman–Crippen MR) is 83.1 cm³/mol. The summed E-state index contributed by atoms with van der Waals surface area (Å²) in [6.45, 7) is 4.65. The summed E-state index contributed by atoms with van der Waals surface area (Å²) >= 11 is 0. The van der Waals surface area contributed by atoms with Gasteiger partial charge in [-0.15, -0.1) is 0 Å². The van der Waals surface area contributed by atoms with E-state index in [0.717, 1.165) is 24.2 Å². The number of aryl methyl sites for hydroxylation is 2. The molecule has 0 aliphatic carbocycles. The fourth-order valence-corrected chi connectivity index (χ4v) is 2.56. The molecule has 1 amide bonds. The maximum absolute atomic E-state index is 12.1. The van der Waals surface area contributed by atoms with Crippen LogP contribution >= 0.6 is 0 Å². The van der Waals surface area contributed by atoms with Crippen molar-refractivity contribution in [2.45, 2.75) is 52.1 Å². The predicted octanol–water partition coefficient (Wildman–Crippen LogP) is 2.37. The van der Waals surface area contributed by atoms with E-state index >= 15 is 0 Å². The van der Waals surface area contributed by atoms with Crippen molar-refractivity contribution >= 4 is 11.9 Å². The van der Waals surface area contributed by atoms with Crippen LogP contribution in [0.1, 0.15) is 42.4 Å². The molecule has 0 aromatic heterocycles. The van der Waals surface area contributed by atoms with E-state index in [-0.39, 0.29) is 12.3 Å². The molecule has 5 heteroatoms. The summed E-state index contributed by atoms with van der Waals surface area (Å²) in [5.74, 6) is -0.0545. The minimum atomic E-state index is -0.772. The third-order valence-electron chi connectivity index (χ3n) is 4.01. The summed E-state index contributed by atoms with van der Waals surface area (Å²) in [6, 6.07) is 4.08. The average molecular weight is 305 g/mol. The molecule has 2 rings (SSSR count). The van der Waals surface area contributed by atoms with Crippen molar-refractivity contribution in [1.82, 2.24) is 5.32 Å². The van der Waals surface area contributed by atoms with Crippen molar-refractivity contribution in [2.24, 2.45) is 0 Å². The Morgan fingerprint density at radius 2 is 1.95 bits per heavy atom. The van der Waals surface area contributed by atoms with Gasteiger partial charge in [0.15, 0.2) is 6.10 Å². The van der Waals surface area contributed by atoms with Gasteiger partial charge in [-0.3, -0.25) is 9.59 Å². The third-order valence-corrected chi connectivity index (χ3v) is 4.01. The van der Waals surface area contributed by atoms with Gasteiger partial charge >= 0.3 is 5.97 Å². The Kier molecular flexibility index (Phi) is 5.41. The van der Waals surface area contributed by atoms with Crippen molar-refractivity contribution in [3.63, 3.8) is 0 Å². The van der Waals surface area contributed by atoms with Crippen LogP contribution in [0, 0.1) is 13.8 Å². The molecule has 1 heterocycles. The maximum Gasteiger partial charge on any atom is 0.303 e. The molecule has 1 aromatic carbocycles. The van der Waals surface area contributed by atoms with Crippen molar-refractivity contribution in [1.29, 1.82) is 0 Å². The number of ether oxygens (including phenoxy) is 1. The van der Waals surface area contributed by atoms with E-state index in [2.05, 4.69) is 18.3 Å². The van der Waals surface area contributed by atoms with Gasteiger partial charge in [-0.05, 0) is 49.4 Å². The van der Waals surface area contributed by atoms with Gasteiger partial charge < -0.3 is 15.2 Å². The number of amides is 1. The number of hydrogen-bond acceptors (Lipinski definition) is 3.